The van der Waals surface area contributed by atoms with Crippen LogP contribution in [0.2, 0.25) is 0 Å². The van der Waals surface area contributed by atoms with Gasteiger partial charge in [-0.15, -0.1) is 23.5 Å². The predicted octanol–water partition coefficient (Wildman–Crippen LogP) is 30.5. The Morgan fingerprint density at radius 1 is 0.354 bits per heavy atom. The van der Waals surface area contributed by atoms with E-state index >= 15 is 0 Å². The molecule has 10 rings (SSSR count). The van der Waals surface area contributed by atoms with Crippen LogP contribution in [0.1, 0.15) is 348 Å². The second kappa shape index (κ2) is 69.4. The summed E-state index contributed by atoms with van der Waals surface area (Å²) in [6.07, 6.45) is 25.1. The maximum atomic E-state index is 5.52. The van der Waals surface area contributed by atoms with Crippen LogP contribution in [0.4, 0.5) is 0 Å². The second-order valence-corrected chi connectivity index (χ2v) is 46.5. The number of allylic oxidation sites excluding steroid dienone is 12. The summed E-state index contributed by atoms with van der Waals surface area (Å²) >= 11 is 6.25. The van der Waals surface area contributed by atoms with Gasteiger partial charge >= 0.3 is 0 Å². The second-order valence-electron chi connectivity index (χ2n) is 42.9. The van der Waals surface area contributed by atoms with Crippen molar-refractivity contribution < 1.29 is 14.2 Å². The van der Waals surface area contributed by atoms with Gasteiger partial charge in [-0.1, -0.05) is 327 Å². The first-order valence-electron chi connectivity index (χ1n) is 52.3. The van der Waals surface area contributed by atoms with E-state index in [9.17, 15) is 0 Å². The van der Waals surface area contributed by atoms with Crippen molar-refractivity contribution in [2.24, 2.45) is 138 Å². The highest BCUT2D eigenvalue weighted by molar-refractivity contribution is 8.22. The Balaban J connectivity index is 0.000000722. The van der Waals surface area contributed by atoms with Crippen LogP contribution >= 0.6 is 35.3 Å². The molecule has 0 bridgehead atoms. The smallest absolute Gasteiger partial charge is 0.278 e. The summed E-state index contributed by atoms with van der Waals surface area (Å²) in [4.78, 5) is 16.8. The molecule has 10 heterocycles. The van der Waals surface area contributed by atoms with E-state index in [1.54, 1.807) is 60.7 Å². The van der Waals surface area contributed by atoms with Crippen LogP contribution < -0.4 is 31.9 Å². The van der Waals surface area contributed by atoms with Crippen molar-refractivity contribution in [1.82, 2.24) is 31.9 Å². The fraction of sp³-hybridized carbons (Fsp3) is 0.772. The standard InChI is InChI=1S/C12H23N.C12H21N.C12H23N.C12H22S.C11H18N2.C11H22N2.C11H18N2.C11H21NO.C11H20O2.C11H20S2/c2*1-9(2)12(10(3)4)11-5-7-13-8-6-11;1-9(2)12(10(3)4)11-6-5-7-13-8-11;1-9(2)12(10(3)4)11-5-7-13-8-6-11;1-8(2)11(9(3)4)10-5-12-7-13-6-10;2*1-8(2)10(9(3)4)11-12-6-5-7-13-11;1-8(2)11(9(3)4)10-7-13-6-5-12-10;2*1-8(2)10(9(3)4)11-12-6-5-7-13-11/h9-10,13H,5-8H2,1-4H3;7,9-10H,5-6,8H2,1-4H3;9-10,13H,5-8H2,1-4H3;9-10H,5-8H2,1-4H3;5,7-9H,6H2,1-4H3;8-9,12-13H,5-7H2,1-4H3;5-9,12H,1-4H3;8-9,12H,5-7H2,1-4H3;2*8-9H,5-7H2,1-4H3. The minimum absolute atomic E-state index is 0.507. The Bertz CT molecular complexity index is 3010. The third-order valence-electron chi connectivity index (χ3n) is 24.9. The van der Waals surface area contributed by atoms with Crippen molar-refractivity contribution in [2.75, 3.05) is 108 Å². The summed E-state index contributed by atoms with van der Waals surface area (Å²) < 4.78 is 18.1. The van der Waals surface area contributed by atoms with Gasteiger partial charge in [-0.2, -0.15) is 11.8 Å². The average Bonchev–Trinajstić information content (AvgIpc) is 0.935. The number of nitrogens with one attached hydrogen (secondary N) is 6. The zero-order valence-corrected chi connectivity index (χ0v) is 94.5. The van der Waals surface area contributed by atoms with Gasteiger partial charge in [-0.25, -0.2) is 9.98 Å². The molecule has 0 aromatic carbocycles. The summed E-state index contributed by atoms with van der Waals surface area (Å²) in [6.45, 7) is 104. The predicted molar refractivity (Wildman–Crippen MR) is 588 cm³/mol. The van der Waals surface area contributed by atoms with E-state index in [0.29, 0.717) is 82.9 Å². The Morgan fingerprint density at radius 3 is 1.17 bits per heavy atom. The molecule has 6 N–H and O–H groups in total. The highest BCUT2D eigenvalue weighted by Gasteiger charge is 2.26. The molecule has 0 amide bonds. The van der Waals surface area contributed by atoms with Gasteiger partial charge in [-0.05, 0) is 253 Å². The summed E-state index contributed by atoms with van der Waals surface area (Å²) in [7, 11) is 0. The van der Waals surface area contributed by atoms with Crippen molar-refractivity contribution >= 4 is 60.3 Å². The Hall–Kier alpha value is -4.45. The molecule has 7 fully saturated rings. The lowest BCUT2D eigenvalue weighted by Crippen LogP contribution is -2.37. The van der Waals surface area contributed by atoms with Crippen LogP contribution in [0.3, 0.4) is 0 Å². The zero-order chi connectivity index (χ0) is 98.4. The molecule has 0 radical (unpaired) electrons. The van der Waals surface area contributed by atoms with Gasteiger partial charge < -0.3 is 46.1 Å². The van der Waals surface area contributed by atoms with Crippen molar-refractivity contribution in [1.29, 1.82) is 0 Å². The van der Waals surface area contributed by atoms with Gasteiger partial charge in [0.1, 0.15) is 12.2 Å². The maximum Gasteiger partial charge on any atom is 0.278 e. The van der Waals surface area contributed by atoms with E-state index in [-0.39, 0.29) is 0 Å². The van der Waals surface area contributed by atoms with Crippen LogP contribution in [0.15, 0.2) is 143 Å². The topological polar surface area (TPSA) is 149 Å². The maximum absolute atomic E-state index is 5.52. The molecule has 750 valence electrons. The molecule has 13 nitrogen and oxygen atoms in total. The summed E-state index contributed by atoms with van der Waals surface area (Å²) in [6, 6.07) is 0. The van der Waals surface area contributed by atoms with Crippen LogP contribution in [0.25, 0.3) is 0 Å². The Kier molecular flexibility index (Phi) is 65.9. The van der Waals surface area contributed by atoms with Crippen LogP contribution in [-0.4, -0.2) is 133 Å². The lowest BCUT2D eigenvalue weighted by Gasteiger charge is -2.27. The Labute approximate surface area is 818 Å². The normalized spacial score (nSPS) is 17.5. The fourth-order valence-electron chi connectivity index (χ4n) is 20.9. The molecule has 0 atom stereocenters. The van der Waals surface area contributed by atoms with Gasteiger partial charge in [0.05, 0.1) is 38.8 Å². The summed E-state index contributed by atoms with van der Waals surface area (Å²) in [5.41, 5.74) is 25.1. The molecule has 0 aliphatic carbocycles. The molecule has 0 aromatic heterocycles. The third-order valence-corrected chi connectivity index (χ3v) is 28.5. The first-order chi connectivity index (χ1) is 61.3. The minimum Gasteiger partial charge on any atom is -0.465 e. The van der Waals surface area contributed by atoms with Gasteiger partial charge in [0.25, 0.3) is 5.95 Å². The van der Waals surface area contributed by atoms with Gasteiger partial charge in [0.2, 0.25) is 0 Å². The SMILES string of the molecule is CC(C)C(=C1C=NC=NC1)C(C)C.CC(C)C(=C1CC=NCC1)C(C)C.CC(C)C(=C1CCCNC1)C(C)C.CC(C)C(=C1CCNCC1)C(C)C.CC(C)C(=C1CCSCC1)C(C)C.CC(C)C(=C1COCCN1)C(C)C.CC(C)C(=C1N=CC=CN1)C(C)C.CC(C)C(=C1NCCCN1)C(C)C.CC(C)C(=C1OCCCO1)C(C)C.CC(C)C(=C1SCCCS1)C(C)C. The first kappa shape index (κ1) is 124. The van der Waals surface area contributed by atoms with E-state index < -0.39 is 0 Å². The van der Waals surface area contributed by atoms with Crippen LogP contribution in [0.5, 0.6) is 0 Å². The quantitative estimate of drug-likeness (QED) is 0.0645. The van der Waals surface area contributed by atoms with Crippen LogP contribution in [-0.2, 0) is 14.2 Å². The molecule has 0 aromatic rings. The molecule has 0 spiro atoms. The van der Waals surface area contributed by atoms with E-state index in [1.165, 1.54) is 145 Å². The largest absolute Gasteiger partial charge is 0.465 e. The molecule has 10 aliphatic heterocycles. The number of nitrogens with zero attached hydrogens (tertiary/aromatic N) is 4. The number of morpholine rings is 1. The van der Waals surface area contributed by atoms with Crippen molar-refractivity contribution in [3.63, 3.8) is 0 Å². The summed E-state index contributed by atoms with van der Waals surface area (Å²) in [5.74, 6) is 21.4. The van der Waals surface area contributed by atoms with Gasteiger partial charge in [0.15, 0.2) is 0 Å². The molecule has 7 saturated heterocycles. The highest BCUT2D eigenvalue weighted by Crippen LogP contribution is 2.42. The van der Waals surface area contributed by atoms with Crippen molar-refractivity contribution in [3.8, 4) is 0 Å². The average molecular weight is 1860 g/mol. The fourth-order valence-corrected chi connectivity index (χ4v) is 25.1. The number of rotatable bonds is 20. The van der Waals surface area contributed by atoms with E-state index in [2.05, 4.69) is 370 Å². The zero-order valence-electron chi connectivity index (χ0n) is 92.0. The van der Waals surface area contributed by atoms with Crippen molar-refractivity contribution in [2.45, 2.75) is 348 Å². The first-order valence-corrected chi connectivity index (χ1v) is 55.4. The molecular weight excluding hydrogens is 1650 g/mol. The third kappa shape index (κ3) is 48.5. The molecule has 16 heteroatoms. The lowest BCUT2D eigenvalue weighted by molar-refractivity contribution is -0.0207. The van der Waals surface area contributed by atoms with Crippen molar-refractivity contribution in [3.05, 3.63) is 123 Å². The van der Waals surface area contributed by atoms with E-state index in [0.717, 1.165) is 126 Å². The summed E-state index contributed by atoms with van der Waals surface area (Å²) in [5, 5.41) is 20.4. The highest BCUT2D eigenvalue weighted by atomic mass is 32.2. The molecule has 130 heavy (non-hydrogen) atoms. The number of hydrogen-bond donors (Lipinski definition) is 6. The lowest BCUT2D eigenvalue weighted by atomic mass is 9.85. The number of ether oxygens (including phenoxy) is 3. The number of piperidine rings is 2. The monoisotopic (exact) mass is 1860 g/mol. The Morgan fingerprint density at radius 2 is 0.792 bits per heavy atom. The van der Waals surface area contributed by atoms with Crippen LogP contribution in [0, 0.1) is 118 Å². The molecule has 0 saturated carbocycles. The molecule has 0 unspecified atom stereocenters. The molecule has 10 aliphatic rings. The van der Waals surface area contributed by atoms with Gasteiger partial charge in [-0.3, -0.25) is 9.98 Å². The number of aliphatic imine (C=N–C) groups is 4. The minimum atomic E-state index is 0.507. The van der Waals surface area contributed by atoms with E-state index in [4.69, 9.17) is 14.2 Å². The van der Waals surface area contributed by atoms with E-state index in [1.807, 2.05) is 24.7 Å². The number of thioether (sulfide) groups is 3. The van der Waals surface area contributed by atoms with Gasteiger partial charge in [0, 0.05) is 85.9 Å². The number of hydrogen-bond acceptors (Lipinski definition) is 16. The molecular formula is C114H208N10O3S3.